The second kappa shape index (κ2) is 9.01. The number of ether oxygens (including phenoxy) is 1. The van der Waals surface area contributed by atoms with Crippen LogP contribution in [0.5, 0.6) is 5.75 Å². The zero-order chi connectivity index (χ0) is 21.1. The highest BCUT2D eigenvalue weighted by molar-refractivity contribution is 5.70. The van der Waals surface area contributed by atoms with Gasteiger partial charge < -0.3 is 4.74 Å². The molecule has 1 aliphatic heterocycles. The van der Waals surface area contributed by atoms with Crippen LogP contribution in [0.25, 0.3) is 11.3 Å². The molecule has 0 radical (unpaired) electrons. The van der Waals surface area contributed by atoms with Crippen LogP contribution < -0.4 is 4.74 Å². The SMILES string of the molecule is CCc1cccc(CC)c1-c1cc(OC)c(CN2CCc3ccccc3C2)c(C)n1. The van der Waals surface area contributed by atoms with Crippen LogP contribution in [0.4, 0.5) is 0 Å². The van der Waals surface area contributed by atoms with E-state index in [1.54, 1.807) is 7.11 Å². The zero-order valence-electron chi connectivity index (χ0n) is 18.7. The summed E-state index contributed by atoms with van der Waals surface area (Å²) in [5.74, 6) is 0.948. The fourth-order valence-electron chi connectivity index (χ4n) is 4.66. The van der Waals surface area contributed by atoms with E-state index in [2.05, 4.69) is 74.2 Å². The predicted molar refractivity (Wildman–Crippen MR) is 124 cm³/mol. The first-order valence-electron chi connectivity index (χ1n) is 11.1. The van der Waals surface area contributed by atoms with Gasteiger partial charge in [0.2, 0.25) is 0 Å². The normalized spacial score (nSPS) is 13.9. The lowest BCUT2D eigenvalue weighted by Gasteiger charge is -2.29. The number of pyridine rings is 1. The summed E-state index contributed by atoms with van der Waals surface area (Å²) < 4.78 is 5.88. The van der Waals surface area contributed by atoms with E-state index in [0.29, 0.717) is 0 Å². The van der Waals surface area contributed by atoms with Crippen LogP contribution in [0.2, 0.25) is 0 Å². The van der Waals surface area contributed by atoms with E-state index in [9.17, 15) is 0 Å². The maximum Gasteiger partial charge on any atom is 0.127 e. The van der Waals surface area contributed by atoms with Crippen LogP contribution >= 0.6 is 0 Å². The van der Waals surface area contributed by atoms with Gasteiger partial charge in [-0.2, -0.15) is 0 Å². The number of methoxy groups -OCH3 is 1. The minimum Gasteiger partial charge on any atom is -0.496 e. The van der Waals surface area contributed by atoms with Crippen LogP contribution in [0.3, 0.4) is 0 Å². The molecule has 0 aliphatic carbocycles. The van der Waals surface area contributed by atoms with E-state index in [-0.39, 0.29) is 0 Å². The summed E-state index contributed by atoms with van der Waals surface area (Å²) in [5.41, 5.74) is 10.2. The number of benzene rings is 2. The Labute approximate surface area is 180 Å². The summed E-state index contributed by atoms with van der Waals surface area (Å²) in [4.78, 5) is 7.58. The second-order valence-electron chi connectivity index (χ2n) is 8.16. The van der Waals surface area contributed by atoms with Crippen molar-refractivity contribution in [3.8, 4) is 17.0 Å². The van der Waals surface area contributed by atoms with Crippen molar-refractivity contribution in [3.05, 3.63) is 82.0 Å². The third-order valence-electron chi connectivity index (χ3n) is 6.36. The lowest BCUT2D eigenvalue weighted by atomic mass is 9.94. The van der Waals surface area contributed by atoms with Crippen molar-refractivity contribution >= 4 is 0 Å². The number of fused-ring (bicyclic) bond motifs is 1. The molecular formula is C27H32N2O. The molecule has 0 atom stereocenters. The summed E-state index contributed by atoms with van der Waals surface area (Å²) in [5, 5.41) is 0. The van der Waals surface area contributed by atoms with Crippen LogP contribution in [0, 0.1) is 6.92 Å². The number of aromatic nitrogens is 1. The summed E-state index contributed by atoms with van der Waals surface area (Å²) in [6, 6.07) is 17.5. The molecule has 3 nitrogen and oxygen atoms in total. The molecule has 156 valence electrons. The van der Waals surface area contributed by atoms with E-state index in [0.717, 1.165) is 56.0 Å². The fourth-order valence-corrected chi connectivity index (χ4v) is 4.66. The molecule has 0 N–H and O–H groups in total. The molecule has 1 aromatic heterocycles. The Morgan fingerprint density at radius 3 is 2.33 bits per heavy atom. The van der Waals surface area contributed by atoms with Gasteiger partial charge in [-0.1, -0.05) is 56.3 Å². The van der Waals surface area contributed by atoms with Gasteiger partial charge >= 0.3 is 0 Å². The molecule has 0 spiro atoms. The van der Waals surface area contributed by atoms with Crippen molar-refractivity contribution < 1.29 is 4.74 Å². The quantitative estimate of drug-likeness (QED) is 0.527. The molecule has 0 amide bonds. The summed E-state index contributed by atoms with van der Waals surface area (Å²) in [7, 11) is 1.78. The second-order valence-corrected chi connectivity index (χ2v) is 8.16. The third-order valence-corrected chi connectivity index (χ3v) is 6.36. The highest BCUT2D eigenvalue weighted by Crippen LogP contribution is 2.34. The van der Waals surface area contributed by atoms with Gasteiger partial charge in [-0.3, -0.25) is 9.88 Å². The maximum absolute atomic E-state index is 5.88. The number of nitrogens with zero attached hydrogens (tertiary/aromatic N) is 2. The first-order valence-corrected chi connectivity index (χ1v) is 11.1. The number of hydrogen-bond donors (Lipinski definition) is 0. The molecule has 3 aromatic rings. The van der Waals surface area contributed by atoms with Gasteiger partial charge in [0.1, 0.15) is 5.75 Å². The van der Waals surface area contributed by atoms with Crippen LogP contribution in [0.15, 0.2) is 48.5 Å². The fraction of sp³-hybridized carbons (Fsp3) is 0.370. The highest BCUT2D eigenvalue weighted by atomic mass is 16.5. The number of aryl methyl sites for hydroxylation is 3. The maximum atomic E-state index is 5.88. The van der Waals surface area contributed by atoms with Gasteiger partial charge in [-0.15, -0.1) is 0 Å². The molecule has 0 saturated heterocycles. The van der Waals surface area contributed by atoms with E-state index in [4.69, 9.17) is 9.72 Å². The Morgan fingerprint density at radius 1 is 0.967 bits per heavy atom. The Morgan fingerprint density at radius 2 is 1.67 bits per heavy atom. The molecular weight excluding hydrogens is 368 g/mol. The van der Waals surface area contributed by atoms with Crippen molar-refractivity contribution in [1.82, 2.24) is 9.88 Å². The van der Waals surface area contributed by atoms with Crippen molar-refractivity contribution in [1.29, 1.82) is 0 Å². The smallest absolute Gasteiger partial charge is 0.127 e. The Hall–Kier alpha value is -2.65. The highest BCUT2D eigenvalue weighted by Gasteiger charge is 2.21. The standard InChI is InChI=1S/C27H32N2O/c1-5-20-12-9-13-21(6-2)27(20)25-16-26(30-4)24(19(3)28-25)18-29-15-14-22-10-7-8-11-23(22)17-29/h7-13,16H,5-6,14-15,17-18H2,1-4H3. The Bertz CT molecular complexity index is 1020. The van der Waals surface area contributed by atoms with E-state index in [1.165, 1.54) is 33.4 Å². The first kappa shape index (κ1) is 20.6. The predicted octanol–water partition coefficient (Wildman–Crippen LogP) is 5.75. The summed E-state index contributed by atoms with van der Waals surface area (Å²) >= 11 is 0. The van der Waals surface area contributed by atoms with Gasteiger partial charge in [-0.25, -0.2) is 0 Å². The lowest BCUT2D eigenvalue weighted by Crippen LogP contribution is -2.30. The summed E-state index contributed by atoms with van der Waals surface area (Å²) in [6.07, 6.45) is 3.11. The van der Waals surface area contributed by atoms with Gasteiger partial charge in [0, 0.05) is 42.5 Å². The molecule has 1 aliphatic rings. The molecule has 2 heterocycles. The van der Waals surface area contributed by atoms with Crippen LogP contribution in [-0.2, 0) is 32.4 Å². The first-order chi connectivity index (χ1) is 14.6. The van der Waals surface area contributed by atoms with Gasteiger partial charge in [0.15, 0.2) is 0 Å². The Balaban J connectivity index is 1.68. The summed E-state index contributed by atoms with van der Waals surface area (Å²) in [6.45, 7) is 9.47. The average Bonchev–Trinajstić information content (AvgIpc) is 2.79. The van der Waals surface area contributed by atoms with Gasteiger partial charge in [0.25, 0.3) is 0 Å². The molecule has 3 heteroatoms. The van der Waals surface area contributed by atoms with E-state index < -0.39 is 0 Å². The van der Waals surface area contributed by atoms with Crippen molar-refractivity contribution in [2.45, 2.75) is 53.1 Å². The van der Waals surface area contributed by atoms with Crippen LogP contribution in [0.1, 0.15) is 47.4 Å². The number of rotatable bonds is 6. The topological polar surface area (TPSA) is 25.4 Å². The van der Waals surface area contributed by atoms with E-state index >= 15 is 0 Å². The van der Waals surface area contributed by atoms with Gasteiger partial charge in [0.05, 0.1) is 12.8 Å². The van der Waals surface area contributed by atoms with E-state index in [1.807, 2.05) is 0 Å². The average molecular weight is 401 g/mol. The molecule has 2 aromatic carbocycles. The number of hydrogen-bond acceptors (Lipinski definition) is 3. The van der Waals surface area contributed by atoms with Gasteiger partial charge in [-0.05, 0) is 48.4 Å². The largest absolute Gasteiger partial charge is 0.496 e. The molecule has 30 heavy (non-hydrogen) atoms. The minimum absolute atomic E-state index is 0.868. The van der Waals surface area contributed by atoms with Crippen LogP contribution in [-0.4, -0.2) is 23.5 Å². The molecule has 0 saturated carbocycles. The monoisotopic (exact) mass is 400 g/mol. The molecule has 0 unspecified atom stereocenters. The van der Waals surface area contributed by atoms with Crippen molar-refractivity contribution in [2.24, 2.45) is 0 Å². The van der Waals surface area contributed by atoms with Crippen molar-refractivity contribution in [2.75, 3.05) is 13.7 Å². The zero-order valence-corrected chi connectivity index (χ0v) is 18.7. The Kier molecular flexibility index (Phi) is 6.19. The molecule has 0 fully saturated rings. The third kappa shape index (κ3) is 3.99. The molecule has 0 bridgehead atoms. The lowest BCUT2D eigenvalue weighted by molar-refractivity contribution is 0.241. The molecule has 4 rings (SSSR count). The minimum atomic E-state index is 0.868. The van der Waals surface area contributed by atoms with Crippen molar-refractivity contribution in [3.63, 3.8) is 0 Å².